The fraction of sp³-hybridized carbons (Fsp3) is 0. The van der Waals surface area contributed by atoms with Crippen molar-refractivity contribution in [3.05, 3.63) is 70.0 Å². The molecule has 1 N–H and O–H groups in total. The second-order valence-electron chi connectivity index (χ2n) is 4.59. The zero-order valence-corrected chi connectivity index (χ0v) is 11.4. The van der Waals surface area contributed by atoms with Crippen LogP contribution in [-0.2, 0) is 0 Å². The summed E-state index contributed by atoms with van der Waals surface area (Å²) in [5, 5.41) is 20.4. The van der Waals surface area contributed by atoms with Gasteiger partial charge in [-0.05, 0) is 24.3 Å². The summed E-state index contributed by atoms with van der Waals surface area (Å²) in [6, 6.07) is 15.7. The third-order valence-electron chi connectivity index (χ3n) is 3.20. The van der Waals surface area contributed by atoms with Crippen molar-refractivity contribution in [2.24, 2.45) is 0 Å². The summed E-state index contributed by atoms with van der Waals surface area (Å²) < 4.78 is 0. The van der Waals surface area contributed by atoms with Gasteiger partial charge in [-0.3, -0.25) is 10.1 Å². The maximum absolute atomic E-state index is 11.0. The number of nitro benzene ring substituents is 1. The molecule has 0 aliphatic heterocycles. The minimum absolute atomic E-state index is 0.0497. The van der Waals surface area contributed by atoms with Gasteiger partial charge in [-0.25, -0.2) is 4.98 Å². The van der Waals surface area contributed by atoms with Crippen molar-refractivity contribution in [2.45, 2.75) is 0 Å². The topological polar surface area (TPSA) is 95.6 Å². The molecule has 0 amide bonds. The van der Waals surface area contributed by atoms with Crippen molar-refractivity contribution in [2.75, 3.05) is 0 Å². The number of allylic oxidation sites excluding steroid dienone is 1. The first kappa shape index (κ1) is 13.5. The molecule has 0 spiro atoms. The number of nitrogens with one attached hydrogen (secondary N) is 1. The van der Waals surface area contributed by atoms with Gasteiger partial charge in [0.2, 0.25) is 0 Å². The Morgan fingerprint density at radius 1 is 1.23 bits per heavy atom. The first-order valence-corrected chi connectivity index (χ1v) is 6.49. The van der Waals surface area contributed by atoms with E-state index in [0.29, 0.717) is 11.4 Å². The fourth-order valence-electron chi connectivity index (χ4n) is 2.17. The average molecular weight is 290 g/mol. The molecular formula is C16H10N4O2. The average Bonchev–Trinajstić information content (AvgIpc) is 2.96. The third kappa shape index (κ3) is 2.43. The summed E-state index contributed by atoms with van der Waals surface area (Å²) in [5.74, 6) is 0.391. The lowest BCUT2D eigenvalue weighted by molar-refractivity contribution is -0.385. The molecule has 106 valence electrons. The number of hydrogen-bond donors (Lipinski definition) is 1. The van der Waals surface area contributed by atoms with Crippen LogP contribution in [0.15, 0.2) is 48.5 Å². The van der Waals surface area contributed by atoms with Crippen molar-refractivity contribution in [3.63, 3.8) is 0 Å². The van der Waals surface area contributed by atoms with Crippen LogP contribution < -0.4 is 0 Å². The van der Waals surface area contributed by atoms with E-state index >= 15 is 0 Å². The van der Waals surface area contributed by atoms with Crippen LogP contribution in [0.25, 0.3) is 22.7 Å². The Morgan fingerprint density at radius 2 is 1.95 bits per heavy atom. The van der Waals surface area contributed by atoms with Crippen molar-refractivity contribution < 1.29 is 4.92 Å². The highest BCUT2D eigenvalue weighted by Gasteiger charge is 2.13. The van der Waals surface area contributed by atoms with Gasteiger partial charge < -0.3 is 4.98 Å². The highest BCUT2D eigenvalue weighted by atomic mass is 16.6. The van der Waals surface area contributed by atoms with E-state index in [0.717, 1.165) is 11.0 Å². The molecule has 0 saturated carbocycles. The smallest absolute Gasteiger partial charge is 0.276 e. The van der Waals surface area contributed by atoms with E-state index in [4.69, 9.17) is 0 Å². The molecule has 22 heavy (non-hydrogen) atoms. The third-order valence-corrected chi connectivity index (χ3v) is 3.20. The number of rotatable bonds is 3. The molecule has 1 aromatic heterocycles. The number of benzene rings is 2. The first-order valence-electron chi connectivity index (χ1n) is 6.49. The largest absolute Gasteiger partial charge is 0.337 e. The lowest BCUT2D eigenvalue weighted by Crippen LogP contribution is -1.92. The summed E-state index contributed by atoms with van der Waals surface area (Å²) in [4.78, 5) is 17.9. The number of imidazole rings is 1. The Labute approximate surface area is 125 Å². The number of nitriles is 1. The molecule has 0 saturated heterocycles. The van der Waals surface area contributed by atoms with Crippen LogP contribution in [0.4, 0.5) is 5.69 Å². The summed E-state index contributed by atoms with van der Waals surface area (Å²) >= 11 is 0. The Balaban J connectivity index is 2.12. The molecule has 0 atom stereocenters. The maximum atomic E-state index is 11.0. The maximum Gasteiger partial charge on any atom is 0.276 e. The van der Waals surface area contributed by atoms with E-state index < -0.39 is 4.92 Å². The minimum atomic E-state index is -0.473. The number of nitro groups is 1. The lowest BCUT2D eigenvalue weighted by Gasteiger charge is -1.98. The Kier molecular flexibility index (Phi) is 3.38. The van der Waals surface area contributed by atoms with Crippen LogP contribution in [0.1, 0.15) is 11.4 Å². The first-order chi connectivity index (χ1) is 10.7. The Morgan fingerprint density at radius 3 is 2.68 bits per heavy atom. The molecule has 0 aliphatic carbocycles. The molecule has 1 heterocycles. The van der Waals surface area contributed by atoms with Gasteiger partial charge in [-0.1, -0.05) is 24.3 Å². The quantitative estimate of drug-likeness (QED) is 0.453. The normalized spacial score (nSPS) is 11.3. The van der Waals surface area contributed by atoms with E-state index in [1.807, 2.05) is 30.3 Å². The zero-order valence-electron chi connectivity index (χ0n) is 11.4. The molecule has 3 rings (SSSR count). The molecule has 2 aromatic carbocycles. The number of aromatic amines is 1. The lowest BCUT2D eigenvalue weighted by atomic mass is 10.1. The van der Waals surface area contributed by atoms with E-state index in [-0.39, 0.29) is 11.3 Å². The van der Waals surface area contributed by atoms with Crippen LogP contribution in [0.5, 0.6) is 0 Å². The predicted octanol–water partition coefficient (Wildman–Crippen LogP) is 3.54. The number of hydrogen-bond acceptors (Lipinski definition) is 4. The SMILES string of the molecule is N#C/C(=C/c1ccccc1[N+](=O)[O-])c1nc2ccccc2[nH]1. The molecule has 0 aliphatic rings. The monoisotopic (exact) mass is 290 g/mol. The van der Waals surface area contributed by atoms with Gasteiger partial charge in [0.15, 0.2) is 0 Å². The van der Waals surface area contributed by atoms with Crippen LogP contribution in [0.2, 0.25) is 0 Å². The summed E-state index contributed by atoms with van der Waals surface area (Å²) in [6.45, 7) is 0. The van der Waals surface area contributed by atoms with Gasteiger partial charge in [0.25, 0.3) is 5.69 Å². The standard InChI is InChI=1S/C16H10N4O2/c17-10-12(9-11-5-1-4-8-15(11)20(21)22)16-18-13-6-2-3-7-14(13)19-16/h1-9H,(H,18,19)/b12-9-. The van der Waals surface area contributed by atoms with Crippen molar-refractivity contribution in [1.29, 1.82) is 5.26 Å². The minimum Gasteiger partial charge on any atom is -0.337 e. The van der Waals surface area contributed by atoms with Crippen LogP contribution >= 0.6 is 0 Å². The summed E-state index contributed by atoms with van der Waals surface area (Å²) in [5.41, 5.74) is 2.10. The summed E-state index contributed by atoms with van der Waals surface area (Å²) in [7, 11) is 0. The molecule has 3 aromatic rings. The van der Waals surface area contributed by atoms with Gasteiger partial charge in [-0.2, -0.15) is 5.26 Å². The van der Waals surface area contributed by atoms with E-state index in [1.165, 1.54) is 12.1 Å². The highest BCUT2D eigenvalue weighted by Crippen LogP contribution is 2.24. The molecule has 0 unspecified atom stereocenters. The van der Waals surface area contributed by atoms with Crippen molar-refractivity contribution in [3.8, 4) is 6.07 Å². The Bertz CT molecular complexity index is 901. The molecule has 6 nitrogen and oxygen atoms in total. The predicted molar refractivity (Wildman–Crippen MR) is 82.7 cm³/mol. The van der Waals surface area contributed by atoms with E-state index in [9.17, 15) is 15.4 Å². The Hall–Kier alpha value is -3.46. The number of aromatic nitrogens is 2. The van der Waals surface area contributed by atoms with Gasteiger partial charge in [-0.15, -0.1) is 0 Å². The van der Waals surface area contributed by atoms with Gasteiger partial charge in [0, 0.05) is 6.07 Å². The number of nitrogens with zero attached hydrogens (tertiary/aromatic N) is 3. The van der Waals surface area contributed by atoms with Gasteiger partial charge >= 0.3 is 0 Å². The van der Waals surface area contributed by atoms with Crippen molar-refractivity contribution in [1.82, 2.24) is 9.97 Å². The number of fused-ring (bicyclic) bond motifs is 1. The highest BCUT2D eigenvalue weighted by molar-refractivity contribution is 5.91. The van der Waals surface area contributed by atoms with Crippen LogP contribution in [0.3, 0.4) is 0 Å². The van der Waals surface area contributed by atoms with Gasteiger partial charge in [0.1, 0.15) is 11.9 Å². The second-order valence-corrected chi connectivity index (χ2v) is 4.59. The van der Waals surface area contributed by atoms with Crippen LogP contribution in [0, 0.1) is 21.4 Å². The van der Waals surface area contributed by atoms with E-state index in [2.05, 4.69) is 9.97 Å². The van der Waals surface area contributed by atoms with Gasteiger partial charge in [0.05, 0.1) is 27.1 Å². The summed E-state index contributed by atoms with van der Waals surface area (Å²) in [6.07, 6.45) is 1.47. The van der Waals surface area contributed by atoms with E-state index in [1.54, 1.807) is 18.2 Å². The zero-order chi connectivity index (χ0) is 15.5. The number of para-hydroxylation sites is 3. The van der Waals surface area contributed by atoms with Crippen molar-refractivity contribution >= 4 is 28.4 Å². The molecule has 0 radical (unpaired) electrons. The van der Waals surface area contributed by atoms with Crippen LogP contribution in [-0.4, -0.2) is 14.9 Å². The molecule has 0 fully saturated rings. The second kappa shape index (κ2) is 5.50. The molecule has 0 bridgehead atoms. The number of H-pyrrole nitrogens is 1. The molecule has 6 heteroatoms. The fourth-order valence-corrected chi connectivity index (χ4v) is 2.17. The molecular weight excluding hydrogens is 280 g/mol.